The molecule has 6 heteroatoms. The molecule has 0 aliphatic heterocycles. The molecule has 0 spiro atoms. The number of halogens is 3. The van der Waals surface area contributed by atoms with Crippen LogP contribution in [0.4, 0.5) is 13.2 Å². The van der Waals surface area contributed by atoms with Crippen LogP contribution < -0.4 is 0 Å². The summed E-state index contributed by atoms with van der Waals surface area (Å²) >= 11 is 0. The molecule has 88 valence electrons. The molecule has 2 N–H and O–H groups in total. The Balaban J connectivity index is 2.90. The third-order valence-electron chi connectivity index (χ3n) is 2.05. The average molecular weight is 234 g/mol. The van der Waals surface area contributed by atoms with Crippen molar-refractivity contribution in [1.29, 1.82) is 0 Å². The molecule has 0 atom stereocenters. The van der Waals surface area contributed by atoms with Gasteiger partial charge in [0.05, 0.1) is 0 Å². The van der Waals surface area contributed by atoms with E-state index in [4.69, 9.17) is 10.2 Å². The number of phenolic OH excluding ortho intramolecular Hbond substituents is 1. The fraction of sp³-hybridized carbons (Fsp3) is 0.300. The molecule has 0 bridgehead atoms. The van der Waals surface area contributed by atoms with Crippen molar-refractivity contribution >= 4 is 5.97 Å². The Morgan fingerprint density at radius 2 is 1.88 bits per heavy atom. The lowest BCUT2D eigenvalue weighted by atomic mass is 10.1. The highest BCUT2D eigenvalue weighted by Crippen LogP contribution is 2.25. The van der Waals surface area contributed by atoms with Crippen molar-refractivity contribution in [3.8, 4) is 5.75 Å². The van der Waals surface area contributed by atoms with Gasteiger partial charge in [0, 0.05) is 18.1 Å². The van der Waals surface area contributed by atoms with Crippen molar-refractivity contribution in [2.45, 2.75) is 19.3 Å². The predicted octanol–water partition coefficient (Wildman–Crippen LogP) is 2.22. The van der Waals surface area contributed by atoms with E-state index in [0.29, 0.717) is 6.07 Å². The second-order valence-electron chi connectivity index (χ2n) is 3.23. The normalized spacial score (nSPS) is 10.4. The molecular weight excluding hydrogens is 225 g/mol. The Kier molecular flexibility index (Phi) is 3.76. The van der Waals surface area contributed by atoms with Crippen LogP contribution in [0.15, 0.2) is 6.07 Å². The molecule has 0 unspecified atom stereocenters. The molecule has 1 aromatic rings. The van der Waals surface area contributed by atoms with Gasteiger partial charge in [0.1, 0.15) is 0 Å². The lowest BCUT2D eigenvalue weighted by Crippen LogP contribution is -2.02. The molecule has 0 radical (unpaired) electrons. The minimum atomic E-state index is -1.39. The maximum Gasteiger partial charge on any atom is 0.303 e. The smallest absolute Gasteiger partial charge is 0.303 e. The van der Waals surface area contributed by atoms with E-state index in [1.807, 2.05) is 0 Å². The van der Waals surface area contributed by atoms with Crippen molar-refractivity contribution in [1.82, 2.24) is 0 Å². The van der Waals surface area contributed by atoms with Crippen LogP contribution in [-0.4, -0.2) is 16.2 Å². The second kappa shape index (κ2) is 4.87. The number of hydrogen-bond acceptors (Lipinski definition) is 2. The van der Waals surface area contributed by atoms with Crippen molar-refractivity contribution in [3.05, 3.63) is 29.1 Å². The van der Waals surface area contributed by atoms with Gasteiger partial charge in [-0.1, -0.05) is 0 Å². The molecule has 1 aromatic carbocycles. The van der Waals surface area contributed by atoms with Gasteiger partial charge in [0.2, 0.25) is 0 Å². The molecule has 0 aliphatic rings. The zero-order valence-electron chi connectivity index (χ0n) is 8.14. The number of aromatic hydroxyl groups is 1. The van der Waals surface area contributed by atoms with E-state index >= 15 is 0 Å². The fourth-order valence-corrected chi connectivity index (χ4v) is 1.28. The molecular formula is C10H9F3O3. The predicted molar refractivity (Wildman–Crippen MR) is 48.6 cm³/mol. The number of rotatable bonds is 4. The van der Waals surface area contributed by atoms with Gasteiger partial charge in [-0.15, -0.1) is 0 Å². The Bertz CT molecular complexity index is 392. The average Bonchev–Trinajstić information content (AvgIpc) is 2.20. The first-order valence-corrected chi connectivity index (χ1v) is 4.50. The van der Waals surface area contributed by atoms with Gasteiger partial charge >= 0.3 is 5.97 Å². The van der Waals surface area contributed by atoms with Crippen LogP contribution >= 0.6 is 0 Å². The molecule has 3 nitrogen and oxygen atoms in total. The van der Waals surface area contributed by atoms with Crippen LogP contribution in [-0.2, 0) is 11.2 Å². The first-order chi connectivity index (χ1) is 7.43. The first kappa shape index (κ1) is 12.4. The molecule has 0 heterocycles. The van der Waals surface area contributed by atoms with Gasteiger partial charge in [-0.05, 0) is 12.8 Å². The summed E-state index contributed by atoms with van der Waals surface area (Å²) in [4.78, 5) is 10.2. The lowest BCUT2D eigenvalue weighted by molar-refractivity contribution is -0.137. The zero-order chi connectivity index (χ0) is 12.3. The highest BCUT2D eigenvalue weighted by molar-refractivity contribution is 5.66. The molecule has 16 heavy (non-hydrogen) atoms. The van der Waals surface area contributed by atoms with E-state index in [0.717, 1.165) is 0 Å². The van der Waals surface area contributed by atoms with Gasteiger partial charge < -0.3 is 10.2 Å². The summed E-state index contributed by atoms with van der Waals surface area (Å²) < 4.78 is 39.0. The number of carbonyl (C=O) groups is 1. The van der Waals surface area contributed by atoms with Gasteiger partial charge in [0.25, 0.3) is 0 Å². The van der Waals surface area contributed by atoms with Crippen molar-refractivity contribution < 1.29 is 28.2 Å². The number of carboxylic acids is 1. The second-order valence-corrected chi connectivity index (χ2v) is 3.23. The standard InChI is InChI=1S/C10H9F3O3/c11-6-4-7(14)10(13)5(9(6)12)2-1-3-8(15)16/h4,14H,1-3H2,(H,15,16). The minimum Gasteiger partial charge on any atom is -0.505 e. The molecule has 0 saturated heterocycles. The third kappa shape index (κ3) is 2.65. The summed E-state index contributed by atoms with van der Waals surface area (Å²) in [6.07, 6.45) is -0.600. The third-order valence-corrected chi connectivity index (χ3v) is 2.05. The highest BCUT2D eigenvalue weighted by Gasteiger charge is 2.18. The van der Waals surface area contributed by atoms with Crippen LogP contribution in [0, 0.1) is 17.5 Å². The van der Waals surface area contributed by atoms with Gasteiger partial charge in [-0.2, -0.15) is 0 Å². The first-order valence-electron chi connectivity index (χ1n) is 4.50. The number of phenols is 1. The number of aliphatic carboxylic acids is 1. The summed E-state index contributed by atoms with van der Waals surface area (Å²) in [5, 5.41) is 17.2. The fourth-order valence-electron chi connectivity index (χ4n) is 1.28. The maximum absolute atomic E-state index is 13.2. The van der Waals surface area contributed by atoms with Crippen LogP contribution in [0.1, 0.15) is 18.4 Å². The number of carboxylic acid groups (broad SMARTS) is 1. The van der Waals surface area contributed by atoms with Crippen molar-refractivity contribution in [2.75, 3.05) is 0 Å². The Hall–Kier alpha value is -1.72. The van der Waals surface area contributed by atoms with Gasteiger partial charge in [0.15, 0.2) is 23.2 Å². The highest BCUT2D eigenvalue weighted by atomic mass is 19.2. The van der Waals surface area contributed by atoms with E-state index in [2.05, 4.69) is 0 Å². The molecule has 0 saturated carbocycles. The zero-order valence-corrected chi connectivity index (χ0v) is 8.14. The summed E-state index contributed by atoms with van der Waals surface area (Å²) in [6, 6.07) is 0.339. The number of benzene rings is 1. The Morgan fingerprint density at radius 3 is 2.44 bits per heavy atom. The Morgan fingerprint density at radius 1 is 1.25 bits per heavy atom. The summed E-state index contributed by atoms with van der Waals surface area (Å²) in [6.45, 7) is 0. The van der Waals surface area contributed by atoms with Gasteiger partial charge in [-0.3, -0.25) is 4.79 Å². The van der Waals surface area contributed by atoms with E-state index < -0.39 is 34.7 Å². The molecule has 0 aromatic heterocycles. The monoisotopic (exact) mass is 234 g/mol. The topological polar surface area (TPSA) is 57.5 Å². The number of hydrogen-bond donors (Lipinski definition) is 2. The van der Waals surface area contributed by atoms with Crippen molar-refractivity contribution in [3.63, 3.8) is 0 Å². The van der Waals surface area contributed by atoms with Crippen LogP contribution in [0.3, 0.4) is 0 Å². The van der Waals surface area contributed by atoms with E-state index in [1.54, 1.807) is 0 Å². The van der Waals surface area contributed by atoms with Crippen LogP contribution in [0.2, 0.25) is 0 Å². The molecule has 0 aliphatic carbocycles. The Labute approximate surface area is 89.1 Å². The quantitative estimate of drug-likeness (QED) is 0.785. The van der Waals surface area contributed by atoms with E-state index in [1.165, 1.54) is 0 Å². The summed E-state index contributed by atoms with van der Waals surface area (Å²) in [5.41, 5.74) is -0.626. The molecule has 0 fully saturated rings. The summed E-state index contributed by atoms with van der Waals surface area (Å²) in [5.74, 6) is -6.08. The van der Waals surface area contributed by atoms with Crippen LogP contribution in [0.5, 0.6) is 5.75 Å². The molecule has 0 amide bonds. The van der Waals surface area contributed by atoms with E-state index in [-0.39, 0.29) is 19.3 Å². The maximum atomic E-state index is 13.2. The van der Waals surface area contributed by atoms with Crippen molar-refractivity contribution in [2.24, 2.45) is 0 Å². The summed E-state index contributed by atoms with van der Waals surface area (Å²) in [7, 11) is 0. The van der Waals surface area contributed by atoms with Gasteiger partial charge in [-0.25, -0.2) is 13.2 Å². The van der Waals surface area contributed by atoms with E-state index in [9.17, 15) is 18.0 Å². The largest absolute Gasteiger partial charge is 0.505 e. The van der Waals surface area contributed by atoms with Crippen LogP contribution in [0.25, 0.3) is 0 Å². The SMILES string of the molecule is O=C(O)CCCc1c(F)c(O)cc(F)c1F. The lowest BCUT2D eigenvalue weighted by Gasteiger charge is -2.06. The molecule has 1 rings (SSSR count). The minimum absolute atomic E-state index is 0.0356.